The summed E-state index contributed by atoms with van der Waals surface area (Å²) in [5, 5.41) is 18.9. The second-order valence-electron chi connectivity index (χ2n) is 3.20. The lowest BCUT2D eigenvalue weighted by atomic mass is 10.1. The molecule has 0 atom stereocenters. The molecule has 1 aliphatic carbocycles. The first-order valence-corrected chi connectivity index (χ1v) is 4.62. The molecule has 3 heteroatoms. The molecule has 0 unspecified atom stereocenters. The van der Waals surface area contributed by atoms with Crippen molar-refractivity contribution in [2.24, 2.45) is 0 Å². The zero-order valence-electron chi connectivity index (χ0n) is 6.42. The number of halogens is 1. The Labute approximate surface area is 79.0 Å². The standard InChI is InChI=1S/C9H9BrO2/c10-7-5-6(1-2-8(7)11)9(12)3-4-9/h1-2,5,11-12H,3-4H2. The van der Waals surface area contributed by atoms with E-state index in [-0.39, 0.29) is 5.75 Å². The highest BCUT2D eigenvalue weighted by molar-refractivity contribution is 9.10. The van der Waals surface area contributed by atoms with Gasteiger partial charge in [0.25, 0.3) is 0 Å². The van der Waals surface area contributed by atoms with Crippen LogP contribution in [0.25, 0.3) is 0 Å². The number of aliphatic hydroxyl groups is 1. The number of phenols is 1. The molecule has 0 heterocycles. The highest BCUT2D eigenvalue weighted by atomic mass is 79.9. The van der Waals surface area contributed by atoms with Gasteiger partial charge in [-0.25, -0.2) is 0 Å². The first-order chi connectivity index (χ1) is 5.62. The summed E-state index contributed by atoms with van der Waals surface area (Å²) in [4.78, 5) is 0. The van der Waals surface area contributed by atoms with Crippen molar-refractivity contribution in [3.05, 3.63) is 28.2 Å². The Morgan fingerprint density at radius 3 is 2.50 bits per heavy atom. The summed E-state index contributed by atoms with van der Waals surface area (Å²) >= 11 is 3.21. The van der Waals surface area contributed by atoms with Gasteiger partial charge in [-0.1, -0.05) is 6.07 Å². The van der Waals surface area contributed by atoms with Crippen molar-refractivity contribution in [2.75, 3.05) is 0 Å². The second kappa shape index (κ2) is 2.47. The second-order valence-corrected chi connectivity index (χ2v) is 4.05. The largest absolute Gasteiger partial charge is 0.507 e. The maximum Gasteiger partial charge on any atom is 0.129 e. The maximum absolute atomic E-state index is 9.71. The Balaban J connectivity index is 2.41. The zero-order valence-corrected chi connectivity index (χ0v) is 8.00. The fraction of sp³-hybridized carbons (Fsp3) is 0.333. The average Bonchev–Trinajstić information content (AvgIpc) is 2.75. The summed E-state index contributed by atoms with van der Waals surface area (Å²) < 4.78 is 0.639. The zero-order chi connectivity index (χ0) is 8.77. The summed E-state index contributed by atoms with van der Waals surface area (Å²) in [7, 11) is 0. The lowest BCUT2D eigenvalue weighted by Gasteiger charge is -2.08. The normalized spacial score (nSPS) is 19.2. The van der Waals surface area contributed by atoms with Gasteiger partial charge >= 0.3 is 0 Å². The van der Waals surface area contributed by atoms with E-state index in [0.717, 1.165) is 18.4 Å². The van der Waals surface area contributed by atoms with Crippen LogP contribution in [0.15, 0.2) is 22.7 Å². The Morgan fingerprint density at radius 1 is 1.33 bits per heavy atom. The van der Waals surface area contributed by atoms with E-state index in [1.165, 1.54) is 0 Å². The van der Waals surface area contributed by atoms with Crippen LogP contribution in [0, 0.1) is 0 Å². The molecule has 1 aromatic carbocycles. The first kappa shape index (κ1) is 8.08. The number of phenolic OH excluding ortho intramolecular Hbond substituents is 1. The van der Waals surface area contributed by atoms with Crippen LogP contribution in [0.5, 0.6) is 5.75 Å². The molecule has 0 spiro atoms. The summed E-state index contributed by atoms with van der Waals surface area (Å²) in [5.41, 5.74) is 0.267. The molecule has 0 bridgehead atoms. The molecule has 64 valence electrons. The monoisotopic (exact) mass is 228 g/mol. The summed E-state index contributed by atoms with van der Waals surface area (Å²) in [5.74, 6) is 0.211. The minimum Gasteiger partial charge on any atom is -0.507 e. The van der Waals surface area contributed by atoms with E-state index in [1.54, 1.807) is 18.2 Å². The van der Waals surface area contributed by atoms with Crippen LogP contribution in [0.2, 0.25) is 0 Å². The van der Waals surface area contributed by atoms with Gasteiger partial charge < -0.3 is 10.2 Å². The Kier molecular flexibility index (Phi) is 1.66. The van der Waals surface area contributed by atoms with Crippen LogP contribution in [0.1, 0.15) is 18.4 Å². The quantitative estimate of drug-likeness (QED) is 0.774. The fourth-order valence-corrected chi connectivity index (χ4v) is 1.58. The predicted molar refractivity (Wildman–Crippen MR) is 48.9 cm³/mol. The third kappa shape index (κ3) is 1.23. The third-order valence-corrected chi connectivity index (χ3v) is 2.84. The lowest BCUT2D eigenvalue weighted by Crippen LogP contribution is -2.03. The number of rotatable bonds is 1. The molecule has 0 saturated heterocycles. The number of hydrogen-bond acceptors (Lipinski definition) is 2. The summed E-state index contributed by atoms with van der Waals surface area (Å²) in [6.45, 7) is 0. The molecule has 2 N–H and O–H groups in total. The van der Waals surface area contributed by atoms with Crippen molar-refractivity contribution in [1.29, 1.82) is 0 Å². The van der Waals surface area contributed by atoms with Crippen LogP contribution < -0.4 is 0 Å². The van der Waals surface area contributed by atoms with E-state index in [9.17, 15) is 10.2 Å². The molecule has 2 nitrogen and oxygen atoms in total. The van der Waals surface area contributed by atoms with Gasteiger partial charge in [0.1, 0.15) is 5.75 Å². The van der Waals surface area contributed by atoms with E-state index in [1.807, 2.05) is 0 Å². The van der Waals surface area contributed by atoms with Crippen LogP contribution >= 0.6 is 15.9 Å². The third-order valence-electron chi connectivity index (χ3n) is 2.21. The highest BCUT2D eigenvalue weighted by Crippen LogP contribution is 2.46. The van der Waals surface area contributed by atoms with Gasteiger partial charge in [-0.15, -0.1) is 0 Å². The fourth-order valence-electron chi connectivity index (χ4n) is 1.20. The van der Waals surface area contributed by atoms with E-state index in [4.69, 9.17) is 0 Å². The molecule has 1 aliphatic rings. The van der Waals surface area contributed by atoms with Crippen molar-refractivity contribution >= 4 is 15.9 Å². The SMILES string of the molecule is Oc1ccc(C2(O)CC2)cc1Br. The molecule has 1 saturated carbocycles. The topological polar surface area (TPSA) is 40.5 Å². The van der Waals surface area contributed by atoms with Crippen molar-refractivity contribution in [1.82, 2.24) is 0 Å². The van der Waals surface area contributed by atoms with Crippen LogP contribution in [-0.2, 0) is 5.60 Å². The van der Waals surface area contributed by atoms with Crippen molar-refractivity contribution in [3.63, 3.8) is 0 Å². The van der Waals surface area contributed by atoms with Crippen LogP contribution in [0.4, 0.5) is 0 Å². The Morgan fingerprint density at radius 2 is 2.00 bits per heavy atom. The van der Waals surface area contributed by atoms with E-state index < -0.39 is 5.60 Å². The number of aromatic hydroxyl groups is 1. The average molecular weight is 229 g/mol. The van der Waals surface area contributed by atoms with Crippen LogP contribution in [0.3, 0.4) is 0 Å². The van der Waals surface area contributed by atoms with Gasteiger partial charge in [-0.05, 0) is 46.5 Å². The van der Waals surface area contributed by atoms with Gasteiger partial charge in [-0.2, -0.15) is 0 Å². The first-order valence-electron chi connectivity index (χ1n) is 3.83. The molecule has 0 amide bonds. The maximum atomic E-state index is 9.71. The summed E-state index contributed by atoms with van der Waals surface area (Å²) in [6.07, 6.45) is 1.65. The molecule has 1 fully saturated rings. The molecule has 0 radical (unpaired) electrons. The predicted octanol–water partition coefficient (Wildman–Crippen LogP) is 2.14. The van der Waals surface area contributed by atoms with E-state index in [0.29, 0.717) is 4.47 Å². The highest BCUT2D eigenvalue weighted by Gasteiger charge is 2.42. The van der Waals surface area contributed by atoms with Crippen molar-refractivity contribution < 1.29 is 10.2 Å². The molecular weight excluding hydrogens is 220 g/mol. The minimum absolute atomic E-state index is 0.211. The van der Waals surface area contributed by atoms with Crippen molar-refractivity contribution in [3.8, 4) is 5.75 Å². The van der Waals surface area contributed by atoms with Crippen LogP contribution in [-0.4, -0.2) is 10.2 Å². The molecule has 0 aromatic heterocycles. The van der Waals surface area contributed by atoms with E-state index >= 15 is 0 Å². The van der Waals surface area contributed by atoms with Gasteiger partial charge in [0.15, 0.2) is 0 Å². The minimum atomic E-state index is -0.615. The number of hydrogen-bond donors (Lipinski definition) is 2. The summed E-state index contributed by atoms with van der Waals surface area (Å²) in [6, 6.07) is 5.12. The Bertz CT molecular complexity index is 318. The van der Waals surface area contributed by atoms with Gasteiger partial charge in [-0.3, -0.25) is 0 Å². The number of benzene rings is 1. The molecule has 1 aromatic rings. The molecular formula is C9H9BrO2. The smallest absolute Gasteiger partial charge is 0.129 e. The Hall–Kier alpha value is -0.540. The molecule has 0 aliphatic heterocycles. The molecule has 2 rings (SSSR count). The van der Waals surface area contributed by atoms with E-state index in [2.05, 4.69) is 15.9 Å². The van der Waals surface area contributed by atoms with Gasteiger partial charge in [0.2, 0.25) is 0 Å². The van der Waals surface area contributed by atoms with Gasteiger partial charge in [0.05, 0.1) is 10.1 Å². The van der Waals surface area contributed by atoms with Gasteiger partial charge in [0, 0.05) is 0 Å². The lowest BCUT2D eigenvalue weighted by molar-refractivity contribution is 0.151. The van der Waals surface area contributed by atoms with Crippen molar-refractivity contribution in [2.45, 2.75) is 18.4 Å². The molecule has 12 heavy (non-hydrogen) atoms.